The maximum absolute atomic E-state index is 6.04. The van der Waals surface area contributed by atoms with Gasteiger partial charge in [-0.05, 0) is 29.5 Å². The average molecular weight is 242 g/mol. The number of nitrogens with two attached hydrogens (primary N) is 1. The molecule has 0 saturated heterocycles. The minimum absolute atomic E-state index is 0.0147. The highest BCUT2D eigenvalue weighted by atomic mass is 35.5. The van der Waals surface area contributed by atoms with E-state index in [0.29, 0.717) is 11.8 Å². The fourth-order valence-corrected chi connectivity index (χ4v) is 1.95. The van der Waals surface area contributed by atoms with Crippen LogP contribution < -0.4 is 10.5 Å². The molecule has 0 amide bonds. The summed E-state index contributed by atoms with van der Waals surface area (Å²) in [5, 5.41) is 0. The molecule has 90 valence electrons. The van der Waals surface area contributed by atoms with E-state index in [1.54, 1.807) is 7.11 Å². The monoisotopic (exact) mass is 241 g/mol. The van der Waals surface area contributed by atoms with Gasteiger partial charge in [0.15, 0.2) is 0 Å². The molecular formula is C13H20ClNO. The third kappa shape index (κ3) is 3.13. The second-order valence-electron chi connectivity index (χ2n) is 4.24. The van der Waals surface area contributed by atoms with Crippen LogP contribution in [0.2, 0.25) is 0 Å². The molecule has 1 aromatic rings. The number of rotatable bonds is 5. The van der Waals surface area contributed by atoms with Gasteiger partial charge in [-0.3, -0.25) is 0 Å². The molecule has 0 spiro atoms. The minimum Gasteiger partial charge on any atom is -0.496 e. The summed E-state index contributed by atoms with van der Waals surface area (Å²) < 4.78 is 5.33. The summed E-state index contributed by atoms with van der Waals surface area (Å²) in [6.07, 6.45) is 0.797. The van der Waals surface area contributed by atoms with Crippen molar-refractivity contribution in [1.82, 2.24) is 0 Å². The van der Waals surface area contributed by atoms with Crippen molar-refractivity contribution >= 4 is 11.6 Å². The number of methoxy groups -OCH3 is 1. The van der Waals surface area contributed by atoms with Crippen molar-refractivity contribution in [3.05, 3.63) is 29.3 Å². The predicted octanol–water partition coefficient (Wildman–Crippen LogP) is 3.45. The van der Waals surface area contributed by atoms with E-state index in [1.165, 1.54) is 5.56 Å². The highest BCUT2D eigenvalue weighted by Gasteiger charge is 2.11. The van der Waals surface area contributed by atoms with Crippen molar-refractivity contribution in [2.45, 2.75) is 32.2 Å². The maximum Gasteiger partial charge on any atom is 0.122 e. The summed E-state index contributed by atoms with van der Waals surface area (Å²) in [5.74, 6) is 1.94. The molecule has 0 aliphatic heterocycles. The van der Waals surface area contributed by atoms with E-state index in [9.17, 15) is 0 Å². The Bertz CT molecular complexity index is 339. The van der Waals surface area contributed by atoms with E-state index in [0.717, 1.165) is 17.7 Å². The maximum atomic E-state index is 6.04. The predicted molar refractivity (Wildman–Crippen MR) is 69.3 cm³/mol. The lowest BCUT2D eigenvalue weighted by molar-refractivity contribution is 0.407. The molecule has 16 heavy (non-hydrogen) atoms. The second kappa shape index (κ2) is 6.12. The van der Waals surface area contributed by atoms with Crippen LogP contribution >= 0.6 is 11.6 Å². The molecule has 1 atom stereocenters. The zero-order chi connectivity index (χ0) is 12.1. The first-order valence-corrected chi connectivity index (χ1v) is 6.13. The average Bonchev–Trinajstić information content (AvgIpc) is 2.28. The first-order chi connectivity index (χ1) is 7.60. The van der Waals surface area contributed by atoms with Crippen LogP contribution in [0.3, 0.4) is 0 Å². The molecule has 2 nitrogen and oxygen atoms in total. The van der Waals surface area contributed by atoms with Crippen LogP contribution in [0.1, 0.15) is 43.4 Å². The fourth-order valence-electron chi connectivity index (χ4n) is 1.72. The zero-order valence-electron chi connectivity index (χ0n) is 10.2. The zero-order valence-corrected chi connectivity index (χ0v) is 10.9. The molecule has 3 heteroatoms. The van der Waals surface area contributed by atoms with Gasteiger partial charge < -0.3 is 10.5 Å². The van der Waals surface area contributed by atoms with E-state index in [-0.39, 0.29) is 6.04 Å². The van der Waals surface area contributed by atoms with Crippen LogP contribution in [0.5, 0.6) is 5.75 Å². The molecule has 0 fully saturated rings. The van der Waals surface area contributed by atoms with Gasteiger partial charge in [0, 0.05) is 11.9 Å². The van der Waals surface area contributed by atoms with Gasteiger partial charge in [0.25, 0.3) is 0 Å². The molecule has 0 aliphatic carbocycles. The molecule has 1 aromatic carbocycles. The third-order valence-corrected chi connectivity index (χ3v) is 2.94. The normalized spacial score (nSPS) is 12.9. The van der Waals surface area contributed by atoms with Crippen LogP contribution in [-0.4, -0.2) is 13.0 Å². The Morgan fingerprint density at radius 1 is 1.38 bits per heavy atom. The molecule has 1 unspecified atom stereocenters. The van der Waals surface area contributed by atoms with E-state index < -0.39 is 0 Å². The Labute approximate surface area is 103 Å². The topological polar surface area (TPSA) is 35.2 Å². The quantitative estimate of drug-likeness (QED) is 0.802. The summed E-state index contributed by atoms with van der Waals surface area (Å²) in [6, 6.07) is 6.14. The Kier molecular flexibility index (Phi) is 5.10. The number of benzene rings is 1. The molecule has 0 aromatic heterocycles. The summed E-state index contributed by atoms with van der Waals surface area (Å²) in [4.78, 5) is 0. The lowest BCUT2D eigenvalue weighted by Crippen LogP contribution is -2.11. The van der Waals surface area contributed by atoms with Crippen molar-refractivity contribution < 1.29 is 4.74 Å². The molecule has 0 saturated carbocycles. The van der Waals surface area contributed by atoms with Crippen molar-refractivity contribution in [1.29, 1.82) is 0 Å². The highest BCUT2D eigenvalue weighted by Crippen LogP contribution is 2.29. The number of hydrogen-bond acceptors (Lipinski definition) is 2. The van der Waals surface area contributed by atoms with E-state index >= 15 is 0 Å². The van der Waals surface area contributed by atoms with Crippen LogP contribution in [0.15, 0.2) is 18.2 Å². The first kappa shape index (κ1) is 13.3. The summed E-state index contributed by atoms with van der Waals surface area (Å²) >= 11 is 5.70. The standard InChI is InChI=1S/C13H20ClNO/c1-9(2)11-8-10(12(15)6-7-14)4-5-13(11)16-3/h4-5,8-9,12H,6-7,15H2,1-3H3. The van der Waals surface area contributed by atoms with Crippen molar-refractivity contribution in [3.8, 4) is 5.75 Å². The third-order valence-electron chi connectivity index (χ3n) is 2.72. The molecule has 0 radical (unpaired) electrons. The van der Waals surface area contributed by atoms with Gasteiger partial charge >= 0.3 is 0 Å². The van der Waals surface area contributed by atoms with Gasteiger partial charge in [0.05, 0.1) is 7.11 Å². The van der Waals surface area contributed by atoms with Crippen molar-refractivity contribution in [2.24, 2.45) is 5.73 Å². The smallest absolute Gasteiger partial charge is 0.122 e. The van der Waals surface area contributed by atoms with E-state index in [1.807, 2.05) is 12.1 Å². The summed E-state index contributed by atoms with van der Waals surface area (Å²) in [6.45, 7) is 4.30. The lowest BCUT2D eigenvalue weighted by Gasteiger charge is -2.16. The van der Waals surface area contributed by atoms with Crippen LogP contribution in [0, 0.1) is 0 Å². The molecule has 0 heterocycles. The second-order valence-corrected chi connectivity index (χ2v) is 4.62. The Balaban J connectivity index is 3.01. The largest absolute Gasteiger partial charge is 0.496 e. The Morgan fingerprint density at radius 2 is 2.06 bits per heavy atom. The SMILES string of the molecule is COc1ccc(C(N)CCCl)cc1C(C)C. The van der Waals surface area contributed by atoms with Gasteiger partial charge in [0.1, 0.15) is 5.75 Å². The first-order valence-electron chi connectivity index (χ1n) is 5.59. The van der Waals surface area contributed by atoms with Gasteiger partial charge in [-0.15, -0.1) is 11.6 Å². The van der Waals surface area contributed by atoms with E-state index in [2.05, 4.69) is 19.9 Å². The molecule has 2 N–H and O–H groups in total. The van der Waals surface area contributed by atoms with Crippen molar-refractivity contribution in [2.75, 3.05) is 13.0 Å². The van der Waals surface area contributed by atoms with Crippen LogP contribution in [0.25, 0.3) is 0 Å². The van der Waals surface area contributed by atoms with Crippen LogP contribution in [-0.2, 0) is 0 Å². The van der Waals surface area contributed by atoms with Gasteiger partial charge in [-0.25, -0.2) is 0 Å². The molecular weight excluding hydrogens is 222 g/mol. The van der Waals surface area contributed by atoms with Crippen LogP contribution in [0.4, 0.5) is 0 Å². The van der Waals surface area contributed by atoms with Gasteiger partial charge in [-0.2, -0.15) is 0 Å². The number of halogens is 1. The number of ether oxygens (including phenoxy) is 1. The lowest BCUT2D eigenvalue weighted by atomic mass is 9.96. The Morgan fingerprint density at radius 3 is 2.56 bits per heavy atom. The number of alkyl halides is 1. The number of hydrogen-bond donors (Lipinski definition) is 1. The molecule has 0 aliphatic rings. The summed E-state index contributed by atoms with van der Waals surface area (Å²) in [7, 11) is 1.69. The van der Waals surface area contributed by atoms with E-state index in [4.69, 9.17) is 22.1 Å². The molecule has 1 rings (SSSR count). The fraction of sp³-hybridized carbons (Fsp3) is 0.538. The molecule has 0 bridgehead atoms. The van der Waals surface area contributed by atoms with Gasteiger partial charge in [-0.1, -0.05) is 26.0 Å². The van der Waals surface area contributed by atoms with Gasteiger partial charge in [0.2, 0.25) is 0 Å². The Hall–Kier alpha value is -0.730. The highest BCUT2D eigenvalue weighted by molar-refractivity contribution is 6.17. The summed E-state index contributed by atoms with van der Waals surface area (Å²) in [5.41, 5.74) is 8.37. The van der Waals surface area contributed by atoms with Crippen molar-refractivity contribution in [3.63, 3.8) is 0 Å². The minimum atomic E-state index is 0.0147.